The van der Waals surface area contributed by atoms with Gasteiger partial charge in [-0.25, -0.2) is 0 Å². The lowest BCUT2D eigenvalue weighted by atomic mass is 9.94. The van der Waals surface area contributed by atoms with Crippen LogP contribution in [0.1, 0.15) is 33.6 Å². The summed E-state index contributed by atoms with van der Waals surface area (Å²) in [4.78, 5) is 11.5. The van der Waals surface area contributed by atoms with Crippen LogP contribution in [0, 0.1) is 24.2 Å². The second-order valence-corrected chi connectivity index (χ2v) is 4.39. The van der Waals surface area contributed by atoms with Gasteiger partial charge in [-0.1, -0.05) is 19.8 Å². The van der Waals surface area contributed by atoms with Crippen molar-refractivity contribution in [3.8, 4) is 12.3 Å². The lowest BCUT2D eigenvalue weighted by molar-refractivity contribution is -0.122. The summed E-state index contributed by atoms with van der Waals surface area (Å²) in [5.74, 6) is 3.29. The number of nitrogens with two attached hydrogens (primary N) is 1. The van der Waals surface area contributed by atoms with Crippen LogP contribution in [0.5, 0.6) is 0 Å². The third kappa shape index (κ3) is 6.98. The second kappa shape index (κ2) is 7.30. The van der Waals surface area contributed by atoms with Crippen LogP contribution in [0.25, 0.3) is 0 Å². The monoisotopic (exact) mass is 210 g/mol. The number of nitrogens with one attached hydrogen (secondary N) is 1. The smallest absolute Gasteiger partial charge is 0.221 e. The predicted molar refractivity (Wildman–Crippen MR) is 63.1 cm³/mol. The first-order valence-electron chi connectivity index (χ1n) is 5.45. The first-order chi connectivity index (χ1) is 6.99. The van der Waals surface area contributed by atoms with Gasteiger partial charge in [0.05, 0.1) is 6.04 Å². The molecule has 0 aliphatic rings. The highest BCUT2D eigenvalue weighted by molar-refractivity contribution is 5.76. The van der Waals surface area contributed by atoms with Crippen LogP contribution in [0.4, 0.5) is 0 Å². The highest BCUT2D eigenvalue weighted by atomic mass is 16.1. The van der Waals surface area contributed by atoms with E-state index in [0.29, 0.717) is 18.9 Å². The molecule has 0 saturated carbocycles. The van der Waals surface area contributed by atoms with Crippen molar-refractivity contribution >= 4 is 5.91 Å². The summed E-state index contributed by atoms with van der Waals surface area (Å²) in [5, 5.41) is 2.74. The Morgan fingerprint density at radius 1 is 1.47 bits per heavy atom. The van der Waals surface area contributed by atoms with Crippen molar-refractivity contribution in [2.75, 3.05) is 6.54 Å². The Hall–Kier alpha value is -1.01. The minimum atomic E-state index is -0.199. The SMILES string of the molecule is C#CC(C)NC(=O)CC(CN)CC(C)C. The quantitative estimate of drug-likeness (QED) is 0.646. The van der Waals surface area contributed by atoms with Crippen LogP contribution in [0.15, 0.2) is 0 Å². The van der Waals surface area contributed by atoms with Crippen LogP contribution in [-0.2, 0) is 4.79 Å². The molecule has 1 amide bonds. The molecular formula is C12H22N2O. The summed E-state index contributed by atoms with van der Waals surface area (Å²) in [5.41, 5.74) is 5.61. The summed E-state index contributed by atoms with van der Waals surface area (Å²) >= 11 is 0. The zero-order chi connectivity index (χ0) is 11.8. The normalized spacial score (nSPS) is 14.4. The molecule has 0 fully saturated rings. The van der Waals surface area contributed by atoms with Crippen molar-refractivity contribution in [1.29, 1.82) is 0 Å². The van der Waals surface area contributed by atoms with E-state index in [2.05, 4.69) is 25.1 Å². The van der Waals surface area contributed by atoms with Gasteiger partial charge in [-0.05, 0) is 31.7 Å². The molecule has 2 atom stereocenters. The van der Waals surface area contributed by atoms with Crippen molar-refractivity contribution in [2.24, 2.45) is 17.6 Å². The van der Waals surface area contributed by atoms with E-state index in [4.69, 9.17) is 12.2 Å². The molecule has 0 aromatic heterocycles. The van der Waals surface area contributed by atoms with Crippen molar-refractivity contribution in [2.45, 2.75) is 39.7 Å². The second-order valence-electron chi connectivity index (χ2n) is 4.39. The molecule has 0 aromatic rings. The highest BCUT2D eigenvalue weighted by Crippen LogP contribution is 2.13. The van der Waals surface area contributed by atoms with Crippen LogP contribution in [-0.4, -0.2) is 18.5 Å². The molecule has 0 bridgehead atoms. The molecule has 15 heavy (non-hydrogen) atoms. The Morgan fingerprint density at radius 2 is 2.07 bits per heavy atom. The van der Waals surface area contributed by atoms with Gasteiger partial charge in [0.15, 0.2) is 0 Å². The van der Waals surface area contributed by atoms with Gasteiger partial charge in [0.25, 0.3) is 0 Å². The van der Waals surface area contributed by atoms with E-state index >= 15 is 0 Å². The number of carbonyl (C=O) groups is 1. The Labute approximate surface area is 92.8 Å². The van der Waals surface area contributed by atoms with Crippen LogP contribution in [0.3, 0.4) is 0 Å². The average Bonchev–Trinajstić information content (AvgIpc) is 2.15. The zero-order valence-corrected chi connectivity index (χ0v) is 9.92. The van der Waals surface area contributed by atoms with E-state index in [1.165, 1.54) is 0 Å². The Kier molecular flexibility index (Phi) is 6.81. The summed E-state index contributed by atoms with van der Waals surface area (Å²) in [7, 11) is 0. The number of hydrogen-bond donors (Lipinski definition) is 2. The van der Waals surface area contributed by atoms with Gasteiger partial charge in [-0.3, -0.25) is 4.79 Å². The van der Waals surface area contributed by atoms with Gasteiger partial charge in [0.1, 0.15) is 0 Å². The maximum Gasteiger partial charge on any atom is 0.221 e. The summed E-state index contributed by atoms with van der Waals surface area (Å²) in [6, 6.07) is -0.199. The van der Waals surface area contributed by atoms with E-state index in [1.807, 2.05) is 0 Å². The number of carbonyl (C=O) groups excluding carboxylic acids is 1. The molecule has 0 spiro atoms. The lowest BCUT2D eigenvalue weighted by Crippen LogP contribution is -2.34. The zero-order valence-electron chi connectivity index (χ0n) is 9.92. The van der Waals surface area contributed by atoms with Crippen LogP contribution >= 0.6 is 0 Å². The first kappa shape index (κ1) is 14.0. The molecule has 0 radical (unpaired) electrons. The fourth-order valence-corrected chi connectivity index (χ4v) is 1.53. The minimum Gasteiger partial charge on any atom is -0.343 e. The van der Waals surface area contributed by atoms with E-state index < -0.39 is 0 Å². The van der Waals surface area contributed by atoms with Gasteiger partial charge in [0, 0.05) is 6.42 Å². The molecule has 0 aliphatic carbocycles. The maximum atomic E-state index is 11.5. The van der Waals surface area contributed by atoms with Gasteiger partial charge in [0.2, 0.25) is 5.91 Å². The average molecular weight is 210 g/mol. The number of hydrogen-bond acceptors (Lipinski definition) is 2. The van der Waals surface area contributed by atoms with E-state index in [0.717, 1.165) is 6.42 Å². The molecular weight excluding hydrogens is 188 g/mol. The molecule has 0 heterocycles. The van der Waals surface area contributed by atoms with E-state index in [-0.39, 0.29) is 17.9 Å². The summed E-state index contributed by atoms with van der Waals surface area (Å²) in [6.45, 7) is 6.60. The van der Waals surface area contributed by atoms with Gasteiger partial charge in [-0.15, -0.1) is 6.42 Å². The Morgan fingerprint density at radius 3 is 2.47 bits per heavy atom. The number of rotatable bonds is 6. The Balaban J connectivity index is 3.97. The van der Waals surface area contributed by atoms with Gasteiger partial charge in [-0.2, -0.15) is 0 Å². The molecule has 3 heteroatoms. The van der Waals surface area contributed by atoms with E-state index in [1.54, 1.807) is 6.92 Å². The van der Waals surface area contributed by atoms with Crippen molar-refractivity contribution < 1.29 is 4.79 Å². The van der Waals surface area contributed by atoms with Crippen molar-refractivity contribution in [1.82, 2.24) is 5.32 Å². The molecule has 3 N–H and O–H groups in total. The van der Waals surface area contributed by atoms with Crippen molar-refractivity contribution in [3.05, 3.63) is 0 Å². The molecule has 86 valence electrons. The van der Waals surface area contributed by atoms with Crippen LogP contribution < -0.4 is 11.1 Å². The highest BCUT2D eigenvalue weighted by Gasteiger charge is 2.14. The fraction of sp³-hybridized carbons (Fsp3) is 0.750. The predicted octanol–water partition coefficient (Wildman–Crippen LogP) is 1.14. The molecule has 0 aliphatic heterocycles. The molecule has 3 nitrogen and oxygen atoms in total. The van der Waals surface area contributed by atoms with Crippen molar-refractivity contribution in [3.63, 3.8) is 0 Å². The van der Waals surface area contributed by atoms with Gasteiger partial charge < -0.3 is 11.1 Å². The topological polar surface area (TPSA) is 55.1 Å². The molecule has 0 aromatic carbocycles. The number of terminal acetylenes is 1. The van der Waals surface area contributed by atoms with Crippen LogP contribution in [0.2, 0.25) is 0 Å². The lowest BCUT2D eigenvalue weighted by Gasteiger charge is -2.17. The Bertz CT molecular complexity index is 230. The fourth-order valence-electron chi connectivity index (χ4n) is 1.53. The largest absolute Gasteiger partial charge is 0.343 e. The summed E-state index contributed by atoms with van der Waals surface area (Å²) in [6.07, 6.45) is 6.63. The minimum absolute atomic E-state index is 0.00319. The molecule has 0 saturated heterocycles. The van der Waals surface area contributed by atoms with Gasteiger partial charge >= 0.3 is 0 Å². The van der Waals surface area contributed by atoms with E-state index in [9.17, 15) is 4.79 Å². The third-order valence-corrected chi connectivity index (χ3v) is 2.24. The summed E-state index contributed by atoms with van der Waals surface area (Å²) < 4.78 is 0. The third-order valence-electron chi connectivity index (χ3n) is 2.24. The maximum absolute atomic E-state index is 11.5. The first-order valence-corrected chi connectivity index (χ1v) is 5.45. The molecule has 2 unspecified atom stereocenters. The standard InChI is InChI=1S/C12H22N2O/c1-5-10(4)14-12(15)7-11(8-13)6-9(2)3/h1,9-11H,6-8,13H2,2-4H3,(H,14,15). The number of amides is 1. The molecule has 0 rings (SSSR count).